The molecule has 2 saturated heterocycles. The summed E-state index contributed by atoms with van der Waals surface area (Å²) in [6.07, 6.45) is 1.85. The van der Waals surface area contributed by atoms with Gasteiger partial charge in [-0.1, -0.05) is 25.1 Å². The summed E-state index contributed by atoms with van der Waals surface area (Å²) in [5.74, 6) is 0.875. The topological polar surface area (TPSA) is 82.4 Å². The zero-order valence-electron chi connectivity index (χ0n) is 21.8. The molecule has 4 heterocycles. The number of fused-ring (bicyclic) bond motifs is 1. The van der Waals surface area contributed by atoms with Crippen molar-refractivity contribution in [3.63, 3.8) is 0 Å². The summed E-state index contributed by atoms with van der Waals surface area (Å²) < 4.78 is 1.97. The highest BCUT2D eigenvalue weighted by atomic mass is 16.1. The molecular formula is C27H38N8O. The fourth-order valence-corrected chi connectivity index (χ4v) is 5.54. The number of hydrogen-bond acceptors (Lipinski definition) is 7. The van der Waals surface area contributed by atoms with Crippen molar-refractivity contribution in [3.05, 3.63) is 41.7 Å². The van der Waals surface area contributed by atoms with Crippen molar-refractivity contribution >= 4 is 22.6 Å². The third kappa shape index (κ3) is 5.08. The molecule has 9 nitrogen and oxygen atoms in total. The molecule has 1 amide bonds. The molecule has 3 aromatic rings. The van der Waals surface area contributed by atoms with Crippen LogP contribution in [0.25, 0.3) is 16.6 Å². The monoisotopic (exact) mass is 490 g/mol. The van der Waals surface area contributed by atoms with Gasteiger partial charge in [0.25, 0.3) is 0 Å². The minimum absolute atomic E-state index is 0.0499. The van der Waals surface area contributed by atoms with Crippen LogP contribution in [-0.2, 0) is 4.79 Å². The lowest BCUT2D eigenvalue weighted by atomic mass is 9.97. The summed E-state index contributed by atoms with van der Waals surface area (Å²) in [4.78, 5) is 20.2. The van der Waals surface area contributed by atoms with Gasteiger partial charge in [0.05, 0.1) is 28.4 Å². The smallest absolute Gasteiger partial charge is 0.224 e. The largest absolute Gasteiger partial charge is 0.355 e. The third-order valence-corrected chi connectivity index (χ3v) is 7.72. The number of para-hydroxylation sites is 1. The van der Waals surface area contributed by atoms with Gasteiger partial charge in [-0.2, -0.15) is 10.2 Å². The maximum Gasteiger partial charge on any atom is 0.224 e. The van der Waals surface area contributed by atoms with Crippen molar-refractivity contribution in [3.8, 4) is 5.69 Å². The van der Waals surface area contributed by atoms with Gasteiger partial charge in [0.15, 0.2) is 5.82 Å². The number of nitrogens with zero attached hydrogens (tertiary/aromatic N) is 7. The molecule has 0 bridgehead atoms. The van der Waals surface area contributed by atoms with Gasteiger partial charge in [0.1, 0.15) is 5.52 Å². The zero-order valence-corrected chi connectivity index (χ0v) is 21.8. The highest BCUT2D eigenvalue weighted by Gasteiger charge is 2.29. The second kappa shape index (κ2) is 10.9. The van der Waals surface area contributed by atoms with Gasteiger partial charge >= 0.3 is 0 Å². The Morgan fingerprint density at radius 3 is 2.53 bits per heavy atom. The summed E-state index contributed by atoms with van der Waals surface area (Å²) >= 11 is 0. The molecular weight excluding hydrogens is 452 g/mol. The molecule has 36 heavy (non-hydrogen) atoms. The standard InChI is InChI=1S/C27H38N8O/c1-4-32-15-17-33(18-16-32)14-12-28-27(36)22-9-8-13-34(19-22)26-25-24(20(2)29-30-26)21(3)35(31-25)23-10-6-5-7-11-23/h5-7,10-11,22H,4,8-9,12-19H2,1-3H3,(H,28,36). The van der Waals surface area contributed by atoms with Crippen molar-refractivity contribution < 1.29 is 4.79 Å². The summed E-state index contributed by atoms with van der Waals surface area (Å²) in [5, 5.41) is 18.3. The quantitative estimate of drug-likeness (QED) is 0.545. The van der Waals surface area contributed by atoms with Crippen LogP contribution in [0.1, 0.15) is 31.2 Å². The maximum absolute atomic E-state index is 13.1. The highest BCUT2D eigenvalue weighted by molar-refractivity contribution is 5.92. The Balaban J connectivity index is 1.26. The number of aryl methyl sites for hydroxylation is 2. The van der Waals surface area contributed by atoms with E-state index in [1.165, 1.54) is 0 Å². The normalized spacial score (nSPS) is 19.6. The second-order valence-corrected chi connectivity index (χ2v) is 10.0. The van der Waals surface area contributed by atoms with Crippen LogP contribution < -0.4 is 10.2 Å². The van der Waals surface area contributed by atoms with Gasteiger partial charge in [0, 0.05) is 52.4 Å². The van der Waals surface area contributed by atoms with Crippen molar-refractivity contribution in [2.24, 2.45) is 5.92 Å². The first kappa shape index (κ1) is 24.6. The summed E-state index contributed by atoms with van der Waals surface area (Å²) in [6.45, 7) is 14.9. The number of nitrogens with one attached hydrogen (secondary N) is 1. The van der Waals surface area contributed by atoms with Crippen molar-refractivity contribution in [1.82, 2.24) is 35.1 Å². The molecule has 9 heteroatoms. The lowest BCUT2D eigenvalue weighted by Gasteiger charge is -2.34. The van der Waals surface area contributed by atoms with E-state index in [1.807, 2.05) is 29.8 Å². The Labute approximate surface area is 213 Å². The van der Waals surface area contributed by atoms with Gasteiger partial charge < -0.3 is 15.1 Å². The van der Waals surface area contributed by atoms with Crippen molar-refractivity contribution in [2.75, 3.05) is 63.8 Å². The van der Waals surface area contributed by atoms with Crippen molar-refractivity contribution in [2.45, 2.75) is 33.6 Å². The fourth-order valence-electron chi connectivity index (χ4n) is 5.54. The van der Waals surface area contributed by atoms with Gasteiger partial charge in [-0.05, 0) is 45.4 Å². The summed E-state index contributed by atoms with van der Waals surface area (Å²) in [6, 6.07) is 10.2. The van der Waals surface area contributed by atoms with Crippen LogP contribution in [0.4, 0.5) is 5.82 Å². The summed E-state index contributed by atoms with van der Waals surface area (Å²) in [5.41, 5.74) is 3.80. The Hall–Kier alpha value is -3.04. The average molecular weight is 491 g/mol. The second-order valence-electron chi connectivity index (χ2n) is 10.0. The predicted octanol–water partition coefficient (Wildman–Crippen LogP) is 2.40. The third-order valence-electron chi connectivity index (χ3n) is 7.72. The number of piperazine rings is 1. The number of hydrogen-bond donors (Lipinski definition) is 1. The minimum atomic E-state index is -0.0499. The maximum atomic E-state index is 13.1. The van der Waals surface area contributed by atoms with E-state index in [0.29, 0.717) is 13.1 Å². The Kier molecular flexibility index (Phi) is 7.48. The molecule has 2 aliphatic rings. The van der Waals surface area contributed by atoms with Gasteiger partial charge in [0.2, 0.25) is 5.91 Å². The molecule has 2 fully saturated rings. The van der Waals surface area contributed by atoms with E-state index in [0.717, 1.165) is 92.5 Å². The van der Waals surface area contributed by atoms with Crippen LogP contribution in [0.2, 0.25) is 0 Å². The van der Waals surface area contributed by atoms with Gasteiger partial charge in [-0.3, -0.25) is 9.69 Å². The van der Waals surface area contributed by atoms with E-state index in [-0.39, 0.29) is 11.8 Å². The van der Waals surface area contributed by atoms with E-state index >= 15 is 0 Å². The number of piperidine rings is 1. The molecule has 1 aromatic carbocycles. The van der Waals surface area contributed by atoms with Crippen LogP contribution in [0.5, 0.6) is 0 Å². The Morgan fingerprint density at radius 1 is 1.03 bits per heavy atom. The highest BCUT2D eigenvalue weighted by Crippen LogP contribution is 2.31. The Morgan fingerprint density at radius 2 is 1.78 bits per heavy atom. The molecule has 0 saturated carbocycles. The van der Waals surface area contributed by atoms with E-state index in [1.54, 1.807) is 0 Å². The molecule has 1 unspecified atom stereocenters. The van der Waals surface area contributed by atoms with Crippen LogP contribution >= 0.6 is 0 Å². The molecule has 1 atom stereocenters. The van der Waals surface area contributed by atoms with E-state index in [4.69, 9.17) is 5.10 Å². The van der Waals surface area contributed by atoms with Gasteiger partial charge in [-0.25, -0.2) is 4.68 Å². The van der Waals surface area contributed by atoms with Crippen molar-refractivity contribution in [1.29, 1.82) is 0 Å². The molecule has 2 aliphatic heterocycles. The molecule has 0 spiro atoms. The Bertz CT molecular complexity index is 1190. The number of carbonyl (C=O) groups is 1. The first-order valence-electron chi connectivity index (χ1n) is 13.3. The molecule has 0 radical (unpaired) electrons. The first-order chi connectivity index (χ1) is 17.5. The number of anilines is 1. The molecule has 192 valence electrons. The molecule has 2 aromatic heterocycles. The van der Waals surface area contributed by atoms with Crippen LogP contribution in [0, 0.1) is 19.8 Å². The average Bonchev–Trinajstić information content (AvgIpc) is 3.27. The molecule has 0 aliphatic carbocycles. The molecule has 5 rings (SSSR count). The summed E-state index contributed by atoms with van der Waals surface area (Å²) in [7, 11) is 0. The molecule has 1 N–H and O–H groups in total. The minimum Gasteiger partial charge on any atom is -0.355 e. The van der Waals surface area contributed by atoms with Crippen LogP contribution in [0.3, 0.4) is 0 Å². The van der Waals surface area contributed by atoms with E-state index in [9.17, 15) is 4.79 Å². The number of benzene rings is 1. The number of aromatic nitrogens is 4. The lowest BCUT2D eigenvalue weighted by Crippen LogP contribution is -2.49. The first-order valence-corrected chi connectivity index (χ1v) is 13.3. The lowest BCUT2D eigenvalue weighted by molar-refractivity contribution is -0.125. The SMILES string of the molecule is CCN1CCN(CCNC(=O)C2CCCN(c3nnc(C)c4c(C)n(-c5ccccc5)nc34)C2)CC1. The van der Waals surface area contributed by atoms with E-state index < -0.39 is 0 Å². The zero-order chi connectivity index (χ0) is 25.1. The number of amides is 1. The predicted molar refractivity (Wildman–Crippen MR) is 143 cm³/mol. The van der Waals surface area contributed by atoms with Gasteiger partial charge in [-0.15, -0.1) is 5.10 Å². The number of rotatable bonds is 7. The van der Waals surface area contributed by atoms with E-state index in [2.05, 4.69) is 56.2 Å². The fraction of sp³-hybridized carbons (Fsp3) is 0.556. The number of carbonyl (C=O) groups excluding carboxylic acids is 1. The van der Waals surface area contributed by atoms with Crippen LogP contribution in [-0.4, -0.2) is 94.6 Å². The number of likely N-dealkylation sites (N-methyl/N-ethyl adjacent to an activating group) is 1. The van der Waals surface area contributed by atoms with Crippen LogP contribution in [0.15, 0.2) is 30.3 Å².